The highest BCUT2D eigenvalue weighted by Gasteiger charge is 2.34. The first kappa shape index (κ1) is 18.3. The van der Waals surface area contributed by atoms with E-state index in [1.54, 1.807) is 0 Å². The zero-order valence-corrected chi connectivity index (χ0v) is 13.5. The number of carbonyl (C=O) groups excluding carboxylic acids is 1. The number of halogens is 4. The smallest absolute Gasteiger partial charge is 0.364 e. The van der Waals surface area contributed by atoms with Gasteiger partial charge in [-0.1, -0.05) is 24.3 Å². The Morgan fingerprint density at radius 1 is 1.07 bits per heavy atom. The van der Waals surface area contributed by atoms with E-state index in [4.69, 9.17) is 5.73 Å². The first-order valence-corrected chi connectivity index (χ1v) is 7.54. The van der Waals surface area contributed by atoms with E-state index in [1.807, 2.05) is 0 Å². The van der Waals surface area contributed by atoms with Crippen LogP contribution in [0.25, 0.3) is 22.4 Å². The summed E-state index contributed by atoms with van der Waals surface area (Å²) >= 11 is 0. The molecule has 0 bridgehead atoms. The molecule has 1 heterocycles. The van der Waals surface area contributed by atoms with Gasteiger partial charge in [-0.2, -0.15) is 13.2 Å². The number of aromatic amines is 1. The maximum Gasteiger partial charge on any atom is 0.417 e. The SMILES string of the molecule is NC(=O)c1c[nH]c(=O)c(-c2cccc(-c3ccc(F)cc3C(F)(F)F)c2)n1. The molecule has 0 unspecified atom stereocenters. The molecule has 3 N–H and O–H groups in total. The third-order valence-corrected chi connectivity index (χ3v) is 3.77. The quantitative estimate of drug-likeness (QED) is 0.686. The summed E-state index contributed by atoms with van der Waals surface area (Å²) in [5.41, 5.74) is 2.98. The predicted molar refractivity (Wildman–Crippen MR) is 89.2 cm³/mol. The van der Waals surface area contributed by atoms with Gasteiger partial charge in [0.25, 0.3) is 11.5 Å². The summed E-state index contributed by atoms with van der Waals surface area (Å²) in [4.78, 5) is 29.4. The second kappa shape index (κ2) is 6.67. The highest BCUT2D eigenvalue weighted by Crippen LogP contribution is 2.38. The van der Waals surface area contributed by atoms with Gasteiger partial charge in [0.1, 0.15) is 17.2 Å². The van der Waals surface area contributed by atoms with Crippen LogP contribution in [0, 0.1) is 5.82 Å². The van der Waals surface area contributed by atoms with Crippen LogP contribution in [0.3, 0.4) is 0 Å². The van der Waals surface area contributed by atoms with Crippen LogP contribution in [-0.4, -0.2) is 15.9 Å². The minimum atomic E-state index is -4.77. The molecule has 1 aromatic heterocycles. The number of alkyl halides is 3. The van der Waals surface area contributed by atoms with Gasteiger partial charge in [0.15, 0.2) is 0 Å². The van der Waals surface area contributed by atoms with Gasteiger partial charge in [0, 0.05) is 11.8 Å². The molecule has 0 atom stereocenters. The number of aromatic nitrogens is 2. The molecule has 3 aromatic rings. The number of amides is 1. The zero-order chi connectivity index (χ0) is 19.8. The Morgan fingerprint density at radius 2 is 1.78 bits per heavy atom. The van der Waals surface area contributed by atoms with Gasteiger partial charge in [-0.25, -0.2) is 9.37 Å². The van der Waals surface area contributed by atoms with E-state index in [-0.39, 0.29) is 28.1 Å². The fraction of sp³-hybridized carbons (Fsp3) is 0.0556. The minimum Gasteiger partial charge on any atom is -0.364 e. The van der Waals surface area contributed by atoms with Crippen LogP contribution >= 0.6 is 0 Å². The number of benzene rings is 2. The monoisotopic (exact) mass is 377 g/mol. The molecule has 0 radical (unpaired) electrons. The average Bonchev–Trinajstić information content (AvgIpc) is 2.61. The molecule has 0 aliphatic rings. The van der Waals surface area contributed by atoms with Crippen LogP contribution < -0.4 is 11.3 Å². The average molecular weight is 377 g/mol. The minimum absolute atomic E-state index is 0.102. The van der Waals surface area contributed by atoms with E-state index in [0.717, 1.165) is 18.3 Å². The molecule has 0 fully saturated rings. The number of primary amides is 1. The largest absolute Gasteiger partial charge is 0.417 e. The van der Waals surface area contributed by atoms with Gasteiger partial charge < -0.3 is 10.7 Å². The molecular formula is C18H11F4N3O2. The van der Waals surface area contributed by atoms with Crippen LogP contribution in [0.2, 0.25) is 0 Å². The molecule has 0 saturated carbocycles. The van der Waals surface area contributed by atoms with Gasteiger partial charge >= 0.3 is 6.18 Å². The second-order valence-electron chi connectivity index (χ2n) is 5.60. The Labute approximate surface area is 149 Å². The lowest BCUT2D eigenvalue weighted by Gasteiger charge is -2.14. The summed E-state index contributed by atoms with van der Waals surface area (Å²) < 4.78 is 53.1. The van der Waals surface area contributed by atoms with Crippen molar-refractivity contribution in [3.63, 3.8) is 0 Å². The van der Waals surface area contributed by atoms with Crippen LogP contribution in [0.15, 0.2) is 53.5 Å². The van der Waals surface area contributed by atoms with E-state index in [9.17, 15) is 27.2 Å². The van der Waals surface area contributed by atoms with Crippen molar-refractivity contribution < 1.29 is 22.4 Å². The number of nitrogens with two attached hydrogens (primary N) is 1. The topological polar surface area (TPSA) is 88.8 Å². The summed E-state index contributed by atoms with van der Waals surface area (Å²) in [6.45, 7) is 0. The summed E-state index contributed by atoms with van der Waals surface area (Å²) in [6, 6.07) is 7.88. The molecule has 138 valence electrons. The highest BCUT2D eigenvalue weighted by molar-refractivity contribution is 5.91. The summed E-state index contributed by atoms with van der Waals surface area (Å²) in [5.74, 6) is -1.89. The second-order valence-corrected chi connectivity index (χ2v) is 5.60. The normalized spacial score (nSPS) is 11.4. The molecule has 0 saturated heterocycles. The number of carbonyl (C=O) groups is 1. The van der Waals surface area contributed by atoms with Crippen LogP contribution in [0.1, 0.15) is 16.1 Å². The zero-order valence-electron chi connectivity index (χ0n) is 13.5. The molecule has 27 heavy (non-hydrogen) atoms. The van der Waals surface area contributed by atoms with Crippen molar-refractivity contribution in [2.75, 3.05) is 0 Å². The van der Waals surface area contributed by atoms with Crippen LogP contribution in [0.5, 0.6) is 0 Å². The van der Waals surface area contributed by atoms with Crippen LogP contribution in [-0.2, 0) is 6.18 Å². The predicted octanol–water partition coefficient (Wildman–Crippen LogP) is 3.36. The summed E-state index contributed by atoms with van der Waals surface area (Å²) in [7, 11) is 0. The van der Waals surface area contributed by atoms with Crippen LogP contribution in [0.4, 0.5) is 17.6 Å². The fourth-order valence-electron chi connectivity index (χ4n) is 2.56. The Bertz CT molecular complexity index is 1090. The van der Waals surface area contributed by atoms with E-state index >= 15 is 0 Å². The van der Waals surface area contributed by atoms with Gasteiger partial charge in [-0.15, -0.1) is 0 Å². The molecule has 3 rings (SSSR count). The third kappa shape index (κ3) is 3.71. The molecular weight excluding hydrogens is 366 g/mol. The molecule has 5 nitrogen and oxygen atoms in total. The van der Waals surface area contributed by atoms with Crippen molar-refractivity contribution in [2.24, 2.45) is 5.73 Å². The molecule has 2 aromatic carbocycles. The standard InChI is InChI=1S/C18H11F4N3O2/c19-11-4-5-12(13(7-11)18(20,21)22)9-2-1-3-10(6-9)15-17(27)24-8-14(25-15)16(23)26/h1-8H,(H2,23,26)(H,24,27). The Balaban J connectivity index is 2.18. The highest BCUT2D eigenvalue weighted by atomic mass is 19.4. The number of rotatable bonds is 3. The van der Waals surface area contributed by atoms with Crippen molar-refractivity contribution in [2.45, 2.75) is 6.18 Å². The third-order valence-electron chi connectivity index (χ3n) is 3.77. The Hall–Kier alpha value is -3.49. The van der Waals surface area contributed by atoms with E-state index in [2.05, 4.69) is 9.97 Å². The number of nitrogens with one attached hydrogen (secondary N) is 1. The lowest BCUT2D eigenvalue weighted by Crippen LogP contribution is -2.19. The van der Waals surface area contributed by atoms with Gasteiger partial charge in [-0.05, 0) is 29.3 Å². The lowest BCUT2D eigenvalue weighted by atomic mass is 9.97. The maximum atomic E-state index is 13.3. The van der Waals surface area contributed by atoms with Gasteiger partial charge in [-0.3, -0.25) is 9.59 Å². The van der Waals surface area contributed by atoms with Crippen molar-refractivity contribution in [3.8, 4) is 22.4 Å². The number of hydrogen-bond acceptors (Lipinski definition) is 3. The van der Waals surface area contributed by atoms with E-state index in [1.165, 1.54) is 24.3 Å². The van der Waals surface area contributed by atoms with Crippen molar-refractivity contribution in [3.05, 3.63) is 76.1 Å². The molecule has 0 aliphatic heterocycles. The first-order valence-electron chi connectivity index (χ1n) is 7.54. The molecule has 0 spiro atoms. The van der Waals surface area contributed by atoms with Gasteiger partial charge in [0.2, 0.25) is 0 Å². The Kier molecular flexibility index (Phi) is 4.52. The van der Waals surface area contributed by atoms with Crippen molar-refractivity contribution >= 4 is 5.91 Å². The Morgan fingerprint density at radius 3 is 2.44 bits per heavy atom. The first-order chi connectivity index (χ1) is 12.7. The van der Waals surface area contributed by atoms with E-state index in [0.29, 0.717) is 6.07 Å². The van der Waals surface area contributed by atoms with Gasteiger partial charge in [0.05, 0.1) is 5.56 Å². The molecule has 1 amide bonds. The number of nitrogens with zero attached hydrogens (tertiary/aromatic N) is 1. The number of hydrogen-bond donors (Lipinski definition) is 2. The van der Waals surface area contributed by atoms with Crippen molar-refractivity contribution in [1.29, 1.82) is 0 Å². The molecule has 9 heteroatoms. The van der Waals surface area contributed by atoms with Crippen molar-refractivity contribution in [1.82, 2.24) is 9.97 Å². The number of H-pyrrole nitrogens is 1. The maximum absolute atomic E-state index is 13.3. The fourth-order valence-corrected chi connectivity index (χ4v) is 2.56. The summed E-state index contributed by atoms with van der Waals surface area (Å²) in [5, 5.41) is 0. The van der Waals surface area contributed by atoms with E-state index < -0.39 is 29.0 Å². The molecule has 0 aliphatic carbocycles. The summed E-state index contributed by atoms with van der Waals surface area (Å²) in [6.07, 6.45) is -3.73. The lowest BCUT2D eigenvalue weighted by molar-refractivity contribution is -0.137.